The molecule has 4 atom stereocenters. The van der Waals surface area contributed by atoms with Gasteiger partial charge in [0.25, 0.3) is 10.1 Å². The second kappa shape index (κ2) is 9.50. The van der Waals surface area contributed by atoms with E-state index in [-0.39, 0.29) is 36.2 Å². The molecule has 0 aliphatic heterocycles. The Morgan fingerprint density at radius 1 is 0.923 bits per heavy atom. The third-order valence-electron chi connectivity index (χ3n) is 10.5. The maximum atomic E-state index is 13.6. The molecule has 4 bridgehead atoms. The molecule has 0 saturated heterocycles. The van der Waals surface area contributed by atoms with Crippen LogP contribution in [0, 0.1) is 33.5 Å². The van der Waals surface area contributed by atoms with E-state index in [0.717, 1.165) is 41.6 Å². The fourth-order valence-electron chi connectivity index (χ4n) is 8.09. The number of hydrogen-bond donors (Lipinski definition) is 1. The fraction of sp³-hybridized carbons (Fsp3) is 0.571. The van der Waals surface area contributed by atoms with Crippen molar-refractivity contribution in [2.24, 2.45) is 33.5 Å². The van der Waals surface area contributed by atoms with E-state index in [0.29, 0.717) is 24.2 Å². The molecule has 4 aliphatic carbocycles. The number of Topliss-reactive ketones (excluding diaryl/α,β-unsaturated/α-hetero) is 2. The Kier molecular flexibility index (Phi) is 6.93. The van der Waals surface area contributed by atoms with Crippen molar-refractivity contribution in [2.75, 3.05) is 11.5 Å². The number of hydrogen-bond acceptors (Lipinski definition) is 8. The van der Waals surface area contributed by atoms with Crippen LogP contribution in [0.5, 0.6) is 0 Å². The molecule has 4 saturated carbocycles. The van der Waals surface area contributed by atoms with Gasteiger partial charge in [-0.05, 0) is 30.3 Å². The van der Waals surface area contributed by atoms with Crippen LogP contribution in [0.25, 0.3) is 12.2 Å². The minimum absolute atomic E-state index is 0.0718. The Morgan fingerprint density at radius 2 is 1.38 bits per heavy atom. The number of benzene rings is 1. The van der Waals surface area contributed by atoms with Crippen molar-refractivity contribution in [2.45, 2.75) is 53.4 Å². The summed E-state index contributed by atoms with van der Waals surface area (Å²) in [6.45, 7) is 8.07. The third kappa shape index (κ3) is 4.22. The molecule has 0 spiro atoms. The zero-order valence-electron chi connectivity index (χ0n) is 22.6. The summed E-state index contributed by atoms with van der Waals surface area (Å²) in [7, 11) is -4.10. The van der Waals surface area contributed by atoms with E-state index in [1.54, 1.807) is 0 Å². The van der Waals surface area contributed by atoms with E-state index >= 15 is 0 Å². The number of rotatable bonds is 9. The maximum absolute atomic E-state index is 13.6. The van der Waals surface area contributed by atoms with Gasteiger partial charge in [-0.2, -0.15) is 8.42 Å². The van der Waals surface area contributed by atoms with E-state index in [9.17, 15) is 27.3 Å². The van der Waals surface area contributed by atoms with Crippen LogP contribution in [-0.4, -0.2) is 43.4 Å². The molecule has 39 heavy (non-hydrogen) atoms. The SMILES string of the molecule is CC1(C)C2CCC1(CSOOB=O)C(=O)C2=Cc1ccc(C=C2C(=O)C3(CS(=O)(=O)O)CCC2C3(C)C)cc1. The van der Waals surface area contributed by atoms with Gasteiger partial charge >= 0.3 is 140 Å². The molecule has 0 heterocycles. The topological polar surface area (TPSA) is 124 Å². The van der Waals surface area contributed by atoms with Crippen LogP contribution in [0.2, 0.25) is 0 Å². The first-order valence-corrected chi connectivity index (χ1v) is 15.7. The number of allylic oxidation sites excluding steroid dienone is 2. The molecular formula is C28H33BO8S2. The molecule has 5 rings (SSSR count). The first kappa shape index (κ1) is 28.5. The summed E-state index contributed by atoms with van der Waals surface area (Å²) in [6, 6.07) is 7.65. The number of carbonyl (C=O) groups excluding carboxylic acids is 2. The van der Waals surface area contributed by atoms with Crippen molar-refractivity contribution >= 4 is 53.2 Å². The van der Waals surface area contributed by atoms with Crippen molar-refractivity contribution in [1.82, 2.24) is 0 Å². The Hall–Kier alpha value is -2.08. The minimum atomic E-state index is -4.31. The Bertz CT molecular complexity index is 1390. The van der Waals surface area contributed by atoms with E-state index in [1.807, 2.05) is 50.3 Å². The first-order valence-electron chi connectivity index (χ1n) is 13.2. The average molecular weight is 573 g/mol. The number of carbonyl (C=O) groups is 2. The van der Waals surface area contributed by atoms with E-state index < -0.39 is 32.1 Å². The average Bonchev–Trinajstić information content (AvgIpc) is 3.36. The monoisotopic (exact) mass is 572 g/mol. The molecule has 1 aromatic rings. The van der Waals surface area contributed by atoms with Crippen LogP contribution < -0.4 is 0 Å². The second-order valence-corrected chi connectivity index (χ2v) is 14.7. The molecule has 1 aromatic carbocycles. The summed E-state index contributed by atoms with van der Waals surface area (Å²) < 4.78 is 48.4. The molecule has 208 valence electrons. The van der Waals surface area contributed by atoms with Gasteiger partial charge in [-0.1, -0.05) is 13.8 Å². The predicted molar refractivity (Wildman–Crippen MR) is 148 cm³/mol. The Balaban J connectivity index is 1.38. The number of fused-ring (bicyclic) bond motifs is 4. The van der Waals surface area contributed by atoms with Crippen LogP contribution in [0.15, 0.2) is 35.4 Å². The zero-order chi connectivity index (χ0) is 28.4. The van der Waals surface area contributed by atoms with Crippen LogP contribution in [0.3, 0.4) is 0 Å². The van der Waals surface area contributed by atoms with Gasteiger partial charge in [0.05, 0.1) is 11.2 Å². The molecule has 4 aliphatic rings. The normalized spacial score (nSPS) is 34.3. The molecule has 8 nitrogen and oxygen atoms in total. The van der Waals surface area contributed by atoms with Crippen molar-refractivity contribution < 1.29 is 36.4 Å². The van der Waals surface area contributed by atoms with Crippen molar-refractivity contribution in [3.05, 3.63) is 46.5 Å². The molecule has 0 amide bonds. The van der Waals surface area contributed by atoms with Crippen LogP contribution in [0.4, 0.5) is 0 Å². The fourth-order valence-corrected chi connectivity index (χ4v) is 10.3. The Labute approximate surface area is 234 Å². The van der Waals surface area contributed by atoms with Gasteiger partial charge in [0.2, 0.25) is 0 Å². The zero-order valence-corrected chi connectivity index (χ0v) is 24.2. The van der Waals surface area contributed by atoms with Crippen molar-refractivity contribution in [3.63, 3.8) is 0 Å². The van der Waals surface area contributed by atoms with Gasteiger partial charge in [-0.15, -0.1) is 0 Å². The van der Waals surface area contributed by atoms with Crippen molar-refractivity contribution in [1.29, 1.82) is 0 Å². The van der Waals surface area contributed by atoms with Crippen molar-refractivity contribution in [3.8, 4) is 0 Å². The van der Waals surface area contributed by atoms with Crippen LogP contribution >= 0.6 is 12.0 Å². The molecule has 11 heteroatoms. The standard InChI is InChI=1S/C28H33BO8S2/c1-25(2)21-9-11-27(25,15-38-37-36-29-32)23(30)19(21)13-17-5-7-18(8-6-17)14-20-22-10-12-28(24(20)31,26(22,3)4)16-39(33,34)35/h5-8,13-14,21-22H,9-12,15-16H2,1-4H3,(H,33,34,35). The molecule has 4 fully saturated rings. The van der Waals surface area contributed by atoms with Gasteiger partial charge in [0, 0.05) is 5.57 Å². The van der Waals surface area contributed by atoms with Gasteiger partial charge in [0.15, 0.2) is 5.78 Å². The van der Waals surface area contributed by atoms with Gasteiger partial charge < -0.3 is 0 Å². The summed E-state index contributed by atoms with van der Waals surface area (Å²) in [4.78, 5) is 31.4. The van der Waals surface area contributed by atoms with Gasteiger partial charge in [-0.3, -0.25) is 9.35 Å². The second-order valence-electron chi connectivity index (χ2n) is 12.6. The van der Waals surface area contributed by atoms with E-state index in [4.69, 9.17) is 4.33 Å². The third-order valence-corrected chi connectivity index (χ3v) is 12.2. The van der Waals surface area contributed by atoms with E-state index in [1.165, 1.54) is 0 Å². The summed E-state index contributed by atoms with van der Waals surface area (Å²) in [5.41, 5.74) is 0.610. The predicted octanol–water partition coefficient (Wildman–Crippen LogP) is 4.91. The summed E-state index contributed by atoms with van der Waals surface area (Å²) >= 11 is 0.981. The van der Waals surface area contributed by atoms with Crippen LogP contribution in [0.1, 0.15) is 64.5 Å². The van der Waals surface area contributed by atoms with E-state index in [2.05, 4.69) is 18.7 Å². The molecule has 1 N–H and O–H groups in total. The summed E-state index contributed by atoms with van der Waals surface area (Å²) in [5.74, 6) is -0.181. The van der Waals surface area contributed by atoms with Gasteiger partial charge in [-0.25, -0.2) is 0 Å². The summed E-state index contributed by atoms with van der Waals surface area (Å²) in [6.07, 6.45) is 6.61. The number of ketones is 2. The molecule has 4 unspecified atom stereocenters. The first-order chi connectivity index (χ1) is 18.2. The quantitative estimate of drug-likeness (QED) is 0.0836. The Morgan fingerprint density at radius 3 is 1.87 bits per heavy atom. The molecular weight excluding hydrogens is 539 g/mol. The van der Waals surface area contributed by atoms with Gasteiger partial charge in [0.1, 0.15) is 0 Å². The summed E-state index contributed by atoms with van der Waals surface area (Å²) in [5, 5.41) is 0. The molecule has 0 aromatic heterocycles. The molecule has 0 radical (unpaired) electrons. The van der Waals surface area contributed by atoms with Crippen LogP contribution in [-0.2, 0) is 33.6 Å².